The average Bonchev–Trinajstić information content (AvgIpc) is 2.16. The molecule has 0 bridgehead atoms. The van der Waals surface area contributed by atoms with Crippen LogP contribution in [0, 0.1) is 12.3 Å². The van der Waals surface area contributed by atoms with Crippen molar-refractivity contribution in [2.24, 2.45) is 0 Å². The molecule has 3 nitrogen and oxygen atoms in total. The van der Waals surface area contributed by atoms with Crippen LogP contribution in [-0.4, -0.2) is 16.7 Å². The van der Waals surface area contributed by atoms with Crippen molar-refractivity contribution in [2.45, 2.75) is 19.4 Å². The lowest BCUT2D eigenvalue weighted by Crippen LogP contribution is -2.26. The molecule has 16 heavy (non-hydrogen) atoms. The fourth-order valence-electron chi connectivity index (χ4n) is 1.10. The SMILES string of the molecule is C#CC(C)(C)Oc1cccc(Br)c1C(=O)O. The van der Waals surface area contributed by atoms with Crippen molar-refractivity contribution in [3.05, 3.63) is 28.2 Å². The van der Waals surface area contributed by atoms with Gasteiger partial charge in [-0.15, -0.1) is 6.42 Å². The number of carboxylic acid groups (broad SMARTS) is 1. The van der Waals surface area contributed by atoms with E-state index in [1.165, 1.54) is 0 Å². The summed E-state index contributed by atoms with van der Waals surface area (Å²) in [6.07, 6.45) is 5.28. The number of hydrogen-bond donors (Lipinski definition) is 1. The predicted octanol–water partition coefficient (Wildman–Crippen LogP) is 2.94. The van der Waals surface area contributed by atoms with Crippen LogP contribution in [0.5, 0.6) is 5.75 Å². The van der Waals surface area contributed by atoms with E-state index >= 15 is 0 Å². The summed E-state index contributed by atoms with van der Waals surface area (Å²) in [5.41, 5.74) is -0.767. The van der Waals surface area contributed by atoms with Crippen LogP contribution in [0.15, 0.2) is 22.7 Å². The van der Waals surface area contributed by atoms with Crippen LogP contribution in [0.4, 0.5) is 0 Å². The Kier molecular flexibility index (Phi) is 3.61. The average molecular weight is 283 g/mol. The zero-order chi connectivity index (χ0) is 12.3. The molecule has 0 aliphatic carbocycles. The van der Waals surface area contributed by atoms with E-state index in [2.05, 4.69) is 21.9 Å². The summed E-state index contributed by atoms with van der Waals surface area (Å²) in [6, 6.07) is 4.91. The molecule has 0 heterocycles. The Morgan fingerprint density at radius 2 is 2.19 bits per heavy atom. The summed E-state index contributed by atoms with van der Waals surface area (Å²) < 4.78 is 5.94. The molecule has 0 spiro atoms. The quantitative estimate of drug-likeness (QED) is 0.867. The Labute approximate surface area is 103 Å². The number of carboxylic acids is 1. The van der Waals surface area contributed by atoms with Crippen molar-refractivity contribution in [1.82, 2.24) is 0 Å². The van der Waals surface area contributed by atoms with E-state index in [1.54, 1.807) is 32.0 Å². The zero-order valence-corrected chi connectivity index (χ0v) is 10.5. The molecule has 0 unspecified atom stereocenters. The van der Waals surface area contributed by atoms with Crippen molar-refractivity contribution in [3.63, 3.8) is 0 Å². The lowest BCUT2D eigenvalue weighted by Gasteiger charge is -2.21. The molecule has 0 radical (unpaired) electrons. The van der Waals surface area contributed by atoms with E-state index in [4.69, 9.17) is 16.3 Å². The van der Waals surface area contributed by atoms with Crippen LogP contribution in [-0.2, 0) is 0 Å². The van der Waals surface area contributed by atoms with Crippen molar-refractivity contribution in [2.75, 3.05) is 0 Å². The summed E-state index contributed by atoms with van der Waals surface area (Å²) in [6.45, 7) is 3.39. The van der Waals surface area contributed by atoms with Crippen LogP contribution in [0.1, 0.15) is 24.2 Å². The van der Waals surface area contributed by atoms with Gasteiger partial charge in [-0.05, 0) is 41.9 Å². The maximum atomic E-state index is 11.1. The summed E-state index contributed by atoms with van der Waals surface area (Å²) in [7, 11) is 0. The summed E-state index contributed by atoms with van der Waals surface area (Å²) in [4.78, 5) is 11.1. The molecule has 0 aliphatic rings. The van der Waals surface area contributed by atoms with Gasteiger partial charge in [0.15, 0.2) is 5.60 Å². The number of rotatable bonds is 3. The minimum absolute atomic E-state index is 0.0748. The number of carbonyl (C=O) groups is 1. The number of ether oxygens (including phenoxy) is 1. The van der Waals surface area contributed by atoms with Gasteiger partial charge in [0.1, 0.15) is 11.3 Å². The Morgan fingerprint density at radius 3 is 2.69 bits per heavy atom. The van der Waals surface area contributed by atoms with E-state index in [9.17, 15) is 4.79 Å². The fourth-order valence-corrected chi connectivity index (χ4v) is 1.62. The number of terminal acetylenes is 1. The summed E-state index contributed by atoms with van der Waals surface area (Å²) >= 11 is 3.16. The van der Waals surface area contributed by atoms with Crippen LogP contribution >= 0.6 is 15.9 Å². The van der Waals surface area contributed by atoms with Gasteiger partial charge in [-0.2, -0.15) is 0 Å². The van der Waals surface area contributed by atoms with E-state index in [0.29, 0.717) is 4.47 Å². The third kappa shape index (κ3) is 2.77. The molecule has 0 aromatic heterocycles. The van der Waals surface area contributed by atoms with Crippen molar-refractivity contribution in [3.8, 4) is 18.1 Å². The van der Waals surface area contributed by atoms with Gasteiger partial charge >= 0.3 is 5.97 Å². The van der Waals surface area contributed by atoms with Crippen LogP contribution in [0.25, 0.3) is 0 Å². The first-order valence-corrected chi connectivity index (χ1v) is 5.35. The minimum Gasteiger partial charge on any atom is -0.478 e. The number of hydrogen-bond acceptors (Lipinski definition) is 2. The molecule has 0 saturated carbocycles. The van der Waals surface area contributed by atoms with Gasteiger partial charge in [0, 0.05) is 4.47 Å². The first kappa shape index (κ1) is 12.6. The maximum absolute atomic E-state index is 11.1. The molecule has 0 fully saturated rings. The van der Waals surface area contributed by atoms with Crippen molar-refractivity contribution >= 4 is 21.9 Å². The topological polar surface area (TPSA) is 46.5 Å². The smallest absolute Gasteiger partial charge is 0.340 e. The van der Waals surface area contributed by atoms with Crippen molar-refractivity contribution in [1.29, 1.82) is 0 Å². The first-order valence-electron chi connectivity index (χ1n) is 4.56. The number of benzene rings is 1. The largest absolute Gasteiger partial charge is 0.478 e. The fraction of sp³-hybridized carbons (Fsp3) is 0.250. The molecular weight excluding hydrogens is 272 g/mol. The Balaban J connectivity index is 3.21. The molecule has 4 heteroatoms. The normalized spacial score (nSPS) is 10.6. The molecule has 0 aliphatic heterocycles. The molecule has 1 rings (SSSR count). The van der Waals surface area contributed by atoms with Gasteiger partial charge in [0.2, 0.25) is 0 Å². The molecule has 1 aromatic carbocycles. The van der Waals surface area contributed by atoms with Gasteiger partial charge in [-0.1, -0.05) is 12.0 Å². The highest BCUT2D eigenvalue weighted by molar-refractivity contribution is 9.10. The van der Waals surface area contributed by atoms with Gasteiger partial charge in [-0.3, -0.25) is 0 Å². The molecule has 84 valence electrons. The molecule has 0 amide bonds. The molecular formula is C12H11BrO3. The first-order chi connectivity index (χ1) is 7.37. The van der Waals surface area contributed by atoms with Gasteiger partial charge < -0.3 is 9.84 Å². The second-order valence-electron chi connectivity index (χ2n) is 3.67. The molecule has 0 atom stereocenters. The minimum atomic E-state index is -1.06. The van der Waals surface area contributed by atoms with Gasteiger partial charge in [0.05, 0.1) is 0 Å². The summed E-state index contributed by atoms with van der Waals surface area (Å²) in [5.74, 6) is 1.64. The van der Waals surface area contributed by atoms with Crippen molar-refractivity contribution < 1.29 is 14.6 Å². The van der Waals surface area contributed by atoms with E-state index in [0.717, 1.165) is 0 Å². The predicted molar refractivity (Wildman–Crippen MR) is 64.6 cm³/mol. The standard InChI is InChI=1S/C12H11BrO3/c1-4-12(2,3)16-9-7-5-6-8(13)10(9)11(14)15/h1,5-7H,2-3H3,(H,14,15). The third-order valence-electron chi connectivity index (χ3n) is 1.90. The van der Waals surface area contributed by atoms with E-state index < -0.39 is 11.6 Å². The highest BCUT2D eigenvalue weighted by atomic mass is 79.9. The third-order valence-corrected chi connectivity index (χ3v) is 2.56. The van der Waals surface area contributed by atoms with Gasteiger partial charge in [0.25, 0.3) is 0 Å². The monoisotopic (exact) mass is 282 g/mol. The Bertz CT molecular complexity index is 458. The van der Waals surface area contributed by atoms with Crippen LogP contribution < -0.4 is 4.74 Å². The second-order valence-corrected chi connectivity index (χ2v) is 4.53. The lowest BCUT2D eigenvalue weighted by atomic mass is 10.1. The highest BCUT2D eigenvalue weighted by Gasteiger charge is 2.21. The lowest BCUT2D eigenvalue weighted by molar-refractivity contribution is 0.0685. The Morgan fingerprint density at radius 1 is 1.56 bits per heavy atom. The second kappa shape index (κ2) is 4.58. The number of aromatic carboxylic acids is 1. The molecule has 1 N–H and O–H groups in total. The maximum Gasteiger partial charge on any atom is 0.340 e. The number of halogens is 1. The molecule has 1 aromatic rings. The molecule has 0 saturated heterocycles. The van der Waals surface area contributed by atoms with Crippen LogP contribution in [0.3, 0.4) is 0 Å². The summed E-state index contributed by atoms with van der Waals surface area (Å²) in [5, 5.41) is 9.05. The van der Waals surface area contributed by atoms with Gasteiger partial charge in [-0.25, -0.2) is 4.79 Å². The van der Waals surface area contributed by atoms with E-state index in [1.807, 2.05) is 0 Å². The van der Waals surface area contributed by atoms with Crippen LogP contribution in [0.2, 0.25) is 0 Å². The Hall–Kier alpha value is -1.47. The zero-order valence-electron chi connectivity index (χ0n) is 8.95. The highest BCUT2D eigenvalue weighted by Crippen LogP contribution is 2.29. The van der Waals surface area contributed by atoms with E-state index in [-0.39, 0.29) is 11.3 Å².